The molecule has 0 aliphatic heterocycles. The van der Waals surface area contributed by atoms with Crippen molar-refractivity contribution in [3.8, 4) is 0 Å². The molecule has 0 fully saturated rings. The third-order valence-corrected chi connectivity index (χ3v) is 4.59. The van der Waals surface area contributed by atoms with Crippen molar-refractivity contribution in [3.05, 3.63) is 32.8 Å². The lowest BCUT2D eigenvalue weighted by atomic mass is 10.3. The van der Waals surface area contributed by atoms with Crippen molar-refractivity contribution in [3.63, 3.8) is 0 Å². The van der Waals surface area contributed by atoms with E-state index in [1.807, 2.05) is 12.1 Å². The molecular weight excluding hydrogens is 379 g/mol. The van der Waals surface area contributed by atoms with Crippen molar-refractivity contribution < 1.29 is 0 Å². The summed E-state index contributed by atoms with van der Waals surface area (Å²) in [6.45, 7) is 0. The highest BCUT2D eigenvalue weighted by atomic mass is 79.9. The fourth-order valence-corrected chi connectivity index (χ4v) is 2.61. The zero-order chi connectivity index (χ0) is 15.0. The van der Waals surface area contributed by atoms with Crippen molar-refractivity contribution in [1.29, 1.82) is 0 Å². The first-order valence-electron chi connectivity index (χ1n) is 5.89. The Kier molecular flexibility index (Phi) is 3.88. The van der Waals surface area contributed by atoms with Gasteiger partial charge in [0.2, 0.25) is 5.95 Å². The molecular formula is C12H9BrCl2N6. The molecule has 0 spiro atoms. The molecule has 2 heterocycles. The number of aromatic nitrogens is 4. The summed E-state index contributed by atoms with van der Waals surface area (Å²) in [5, 5.41) is 14.4. The molecule has 0 bridgehead atoms. The van der Waals surface area contributed by atoms with E-state index in [-0.39, 0.29) is 0 Å². The van der Waals surface area contributed by atoms with Gasteiger partial charge in [0, 0.05) is 11.5 Å². The van der Waals surface area contributed by atoms with Crippen LogP contribution >= 0.6 is 39.1 Å². The van der Waals surface area contributed by atoms with Crippen LogP contribution in [0.15, 0.2) is 22.8 Å². The SMILES string of the molecule is CNc1nc(Nc2ccc(Br)c(Cl)c2Cl)c2cn[nH]c2n1. The summed E-state index contributed by atoms with van der Waals surface area (Å²) in [5.41, 5.74) is 1.27. The van der Waals surface area contributed by atoms with Crippen molar-refractivity contribution in [2.75, 3.05) is 17.7 Å². The van der Waals surface area contributed by atoms with E-state index < -0.39 is 0 Å². The molecule has 2 aromatic heterocycles. The normalized spacial score (nSPS) is 10.9. The molecule has 0 aliphatic carbocycles. The Labute approximate surface area is 138 Å². The number of rotatable bonds is 3. The van der Waals surface area contributed by atoms with Crippen LogP contribution in [0.4, 0.5) is 17.5 Å². The highest BCUT2D eigenvalue weighted by molar-refractivity contribution is 9.10. The van der Waals surface area contributed by atoms with Gasteiger partial charge in [0.1, 0.15) is 5.82 Å². The molecule has 0 saturated heterocycles. The van der Waals surface area contributed by atoms with Crippen LogP contribution in [0.3, 0.4) is 0 Å². The third-order valence-electron chi connectivity index (χ3n) is 2.82. The summed E-state index contributed by atoms with van der Waals surface area (Å²) in [4.78, 5) is 8.64. The van der Waals surface area contributed by atoms with E-state index in [2.05, 4.69) is 46.7 Å². The third kappa shape index (κ3) is 2.64. The predicted molar refractivity (Wildman–Crippen MR) is 88.7 cm³/mol. The topological polar surface area (TPSA) is 78.5 Å². The summed E-state index contributed by atoms with van der Waals surface area (Å²) < 4.78 is 0.728. The lowest BCUT2D eigenvalue weighted by Gasteiger charge is -2.11. The maximum atomic E-state index is 6.24. The van der Waals surface area contributed by atoms with Crippen molar-refractivity contribution in [1.82, 2.24) is 20.2 Å². The van der Waals surface area contributed by atoms with Crippen LogP contribution in [0, 0.1) is 0 Å². The Morgan fingerprint density at radius 2 is 2.00 bits per heavy atom. The minimum absolute atomic E-state index is 0.410. The van der Waals surface area contributed by atoms with E-state index >= 15 is 0 Å². The monoisotopic (exact) mass is 386 g/mol. The molecule has 21 heavy (non-hydrogen) atoms. The minimum atomic E-state index is 0.410. The van der Waals surface area contributed by atoms with Crippen molar-refractivity contribution in [2.45, 2.75) is 0 Å². The van der Waals surface area contributed by atoms with Gasteiger partial charge >= 0.3 is 0 Å². The van der Waals surface area contributed by atoms with Crippen LogP contribution in [0.2, 0.25) is 10.0 Å². The second-order valence-electron chi connectivity index (χ2n) is 4.13. The average Bonchev–Trinajstić information content (AvgIpc) is 2.96. The number of aromatic amines is 1. The van der Waals surface area contributed by atoms with Gasteiger partial charge < -0.3 is 10.6 Å². The first kappa shape index (κ1) is 14.4. The van der Waals surface area contributed by atoms with E-state index in [1.54, 1.807) is 13.2 Å². The molecule has 0 atom stereocenters. The van der Waals surface area contributed by atoms with Gasteiger partial charge in [-0.1, -0.05) is 23.2 Å². The van der Waals surface area contributed by atoms with Crippen LogP contribution in [-0.2, 0) is 0 Å². The number of nitrogens with zero attached hydrogens (tertiary/aromatic N) is 3. The van der Waals surface area contributed by atoms with Crippen LogP contribution < -0.4 is 10.6 Å². The van der Waals surface area contributed by atoms with Gasteiger partial charge in [-0.2, -0.15) is 15.1 Å². The number of benzene rings is 1. The summed E-state index contributed by atoms with van der Waals surface area (Å²) in [6, 6.07) is 3.62. The van der Waals surface area contributed by atoms with Gasteiger partial charge in [-0.25, -0.2) is 0 Å². The van der Waals surface area contributed by atoms with Crippen LogP contribution in [0.5, 0.6) is 0 Å². The fraction of sp³-hybridized carbons (Fsp3) is 0.0833. The van der Waals surface area contributed by atoms with Crippen molar-refractivity contribution in [2.24, 2.45) is 0 Å². The summed E-state index contributed by atoms with van der Waals surface area (Å²) in [7, 11) is 1.74. The van der Waals surface area contributed by atoms with Gasteiger partial charge in [-0.3, -0.25) is 5.10 Å². The van der Waals surface area contributed by atoms with Gasteiger partial charge in [0.15, 0.2) is 5.65 Å². The molecule has 1 aromatic carbocycles. The van der Waals surface area contributed by atoms with Crippen molar-refractivity contribution >= 4 is 67.6 Å². The smallest absolute Gasteiger partial charge is 0.226 e. The first-order chi connectivity index (χ1) is 10.1. The van der Waals surface area contributed by atoms with E-state index in [0.717, 1.165) is 9.86 Å². The molecule has 9 heteroatoms. The minimum Gasteiger partial charge on any atom is -0.357 e. The number of H-pyrrole nitrogens is 1. The highest BCUT2D eigenvalue weighted by Crippen LogP contribution is 2.37. The quantitative estimate of drug-likeness (QED) is 0.586. The Bertz CT molecular complexity index is 819. The standard InChI is InChI=1S/C12H9BrCl2N6/c1-16-12-19-10(5-4-17-21-11(5)20-12)18-7-3-2-6(13)8(14)9(7)15/h2-4H,1H3,(H3,16,17,18,19,20,21). The van der Waals surface area contributed by atoms with Gasteiger partial charge in [0.25, 0.3) is 0 Å². The fourth-order valence-electron chi connectivity index (χ4n) is 1.79. The molecule has 0 aliphatic rings. The van der Waals surface area contributed by atoms with Crippen LogP contribution in [0.25, 0.3) is 11.0 Å². The molecule has 108 valence electrons. The Hall–Kier alpha value is -1.57. The number of fused-ring (bicyclic) bond motifs is 1. The number of nitrogens with one attached hydrogen (secondary N) is 3. The molecule has 0 saturated carbocycles. The second-order valence-corrected chi connectivity index (χ2v) is 5.74. The van der Waals surface area contributed by atoms with E-state index in [9.17, 15) is 0 Å². The zero-order valence-corrected chi connectivity index (χ0v) is 13.8. The van der Waals surface area contributed by atoms with E-state index in [0.29, 0.717) is 33.1 Å². The first-order valence-corrected chi connectivity index (χ1v) is 7.44. The Morgan fingerprint density at radius 1 is 1.19 bits per heavy atom. The molecule has 0 unspecified atom stereocenters. The van der Waals surface area contributed by atoms with Gasteiger partial charge in [0.05, 0.1) is 27.3 Å². The molecule has 3 aromatic rings. The average molecular weight is 388 g/mol. The number of hydrogen-bond acceptors (Lipinski definition) is 5. The van der Waals surface area contributed by atoms with E-state index in [4.69, 9.17) is 23.2 Å². The zero-order valence-electron chi connectivity index (χ0n) is 10.7. The lowest BCUT2D eigenvalue weighted by molar-refractivity contribution is 1.09. The molecule has 0 amide bonds. The maximum Gasteiger partial charge on any atom is 0.226 e. The summed E-state index contributed by atoms with van der Waals surface area (Å²) in [5.74, 6) is 1.05. The number of hydrogen-bond donors (Lipinski definition) is 3. The molecule has 0 radical (unpaired) electrons. The van der Waals surface area contributed by atoms with E-state index in [1.165, 1.54) is 0 Å². The Balaban J connectivity index is 2.09. The summed E-state index contributed by atoms with van der Waals surface area (Å²) >= 11 is 15.7. The lowest BCUT2D eigenvalue weighted by Crippen LogP contribution is -2.01. The number of halogens is 3. The second kappa shape index (κ2) is 5.67. The number of anilines is 3. The van der Waals surface area contributed by atoms with Crippen LogP contribution in [-0.4, -0.2) is 27.2 Å². The molecule has 3 rings (SSSR count). The highest BCUT2D eigenvalue weighted by Gasteiger charge is 2.13. The maximum absolute atomic E-state index is 6.24. The van der Waals surface area contributed by atoms with Gasteiger partial charge in [-0.15, -0.1) is 0 Å². The Morgan fingerprint density at radius 3 is 2.76 bits per heavy atom. The predicted octanol–water partition coefficient (Wildman–Crippen LogP) is 4.21. The largest absolute Gasteiger partial charge is 0.357 e. The van der Waals surface area contributed by atoms with Gasteiger partial charge in [-0.05, 0) is 28.1 Å². The summed E-state index contributed by atoms with van der Waals surface area (Å²) in [6.07, 6.45) is 1.64. The molecule has 3 N–H and O–H groups in total. The molecule has 6 nitrogen and oxygen atoms in total. The van der Waals surface area contributed by atoms with Crippen LogP contribution in [0.1, 0.15) is 0 Å².